The van der Waals surface area contributed by atoms with Crippen LogP contribution in [-0.2, 0) is 16.6 Å². The number of aromatic amines is 1. The highest BCUT2D eigenvalue weighted by atomic mass is 79.9. The van der Waals surface area contributed by atoms with E-state index in [-0.39, 0.29) is 4.90 Å². The molecule has 0 aliphatic rings. The largest absolute Gasteiger partial charge is 0.363 e. The number of aryl methyl sites for hydroxylation is 1. The van der Waals surface area contributed by atoms with Crippen molar-refractivity contribution < 1.29 is 8.42 Å². The van der Waals surface area contributed by atoms with E-state index in [0.717, 1.165) is 15.7 Å². The second kappa shape index (κ2) is 5.99. The van der Waals surface area contributed by atoms with Gasteiger partial charge in [0.15, 0.2) is 0 Å². The van der Waals surface area contributed by atoms with Gasteiger partial charge in [-0.3, -0.25) is 4.72 Å². The van der Waals surface area contributed by atoms with E-state index in [1.165, 1.54) is 6.20 Å². The lowest BCUT2D eigenvalue weighted by molar-refractivity contribution is 0.601. The molecule has 7 heteroatoms. The SMILES string of the molecule is CNCc1cc(S(=O)(=O)Nc2ccc(Br)cc2C)c[nH]1. The number of hydrogen-bond acceptors (Lipinski definition) is 3. The fourth-order valence-electron chi connectivity index (χ4n) is 1.81. The van der Waals surface area contributed by atoms with Gasteiger partial charge in [-0.1, -0.05) is 15.9 Å². The van der Waals surface area contributed by atoms with Crippen LogP contribution in [0, 0.1) is 6.92 Å². The van der Waals surface area contributed by atoms with Crippen molar-refractivity contribution in [3.05, 3.63) is 46.2 Å². The van der Waals surface area contributed by atoms with Crippen molar-refractivity contribution in [1.29, 1.82) is 0 Å². The third kappa shape index (κ3) is 3.41. The van der Waals surface area contributed by atoms with E-state index in [4.69, 9.17) is 0 Å². The number of sulfonamides is 1. The Labute approximate surface area is 127 Å². The van der Waals surface area contributed by atoms with E-state index in [9.17, 15) is 8.42 Å². The second-order valence-corrected chi connectivity index (χ2v) is 7.05. The third-order valence-electron chi connectivity index (χ3n) is 2.83. The summed E-state index contributed by atoms with van der Waals surface area (Å²) in [7, 11) is -1.77. The van der Waals surface area contributed by atoms with Gasteiger partial charge in [-0.2, -0.15) is 0 Å². The zero-order chi connectivity index (χ0) is 14.8. The fourth-order valence-corrected chi connectivity index (χ4v) is 3.44. The van der Waals surface area contributed by atoms with Crippen molar-refractivity contribution in [2.75, 3.05) is 11.8 Å². The average Bonchev–Trinajstić information content (AvgIpc) is 2.83. The highest BCUT2D eigenvalue weighted by molar-refractivity contribution is 9.10. The monoisotopic (exact) mass is 357 g/mol. The molecule has 2 rings (SSSR count). The summed E-state index contributed by atoms with van der Waals surface area (Å²) in [5.74, 6) is 0. The minimum Gasteiger partial charge on any atom is -0.363 e. The van der Waals surface area contributed by atoms with Crippen molar-refractivity contribution in [2.24, 2.45) is 0 Å². The number of hydrogen-bond donors (Lipinski definition) is 3. The predicted molar refractivity (Wildman–Crippen MR) is 83.2 cm³/mol. The quantitative estimate of drug-likeness (QED) is 0.769. The van der Waals surface area contributed by atoms with Crippen molar-refractivity contribution in [1.82, 2.24) is 10.3 Å². The minimum absolute atomic E-state index is 0.227. The highest BCUT2D eigenvalue weighted by Gasteiger charge is 2.17. The summed E-state index contributed by atoms with van der Waals surface area (Å²) in [6, 6.07) is 7.01. The van der Waals surface area contributed by atoms with Gasteiger partial charge in [0.25, 0.3) is 10.0 Å². The summed E-state index contributed by atoms with van der Waals surface area (Å²) in [5.41, 5.74) is 2.25. The topological polar surface area (TPSA) is 74.0 Å². The molecule has 0 radical (unpaired) electrons. The maximum atomic E-state index is 12.3. The first-order valence-electron chi connectivity index (χ1n) is 6.03. The van der Waals surface area contributed by atoms with Crippen molar-refractivity contribution >= 4 is 31.6 Å². The Morgan fingerprint density at radius 1 is 1.30 bits per heavy atom. The van der Waals surface area contributed by atoms with Gasteiger partial charge in [-0.05, 0) is 43.8 Å². The minimum atomic E-state index is -3.57. The molecule has 0 unspecified atom stereocenters. The molecule has 20 heavy (non-hydrogen) atoms. The van der Waals surface area contributed by atoms with Crippen LogP contribution in [0.2, 0.25) is 0 Å². The van der Waals surface area contributed by atoms with Gasteiger partial charge in [-0.15, -0.1) is 0 Å². The number of rotatable bonds is 5. The summed E-state index contributed by atoms with van der Waals surface area (Å²) < 4.78 is 28.1. The van der Waals surface area contributed by atoms with Gasteiger partial charge in [0.2, 0.25) is 0 Å². The summed E-state index contributed by atoms with van der Waals surface area (Å²) in [4.78, 5) is 3.16. The van der Waals surface area contributed by atoms with Crippen LogP contribution in [0.25, 0.3) is 0 Å². The normalized spacial score (nSPS) is 11.6. The Balaban J connectivity index is 2.26. The van der Waals surface area contributed by atoms with Crippen molar-refractivity contribution in [3.8, 4) is 0 Å². The molecule has 0 amide bonds. The van der Waals surface area contributed by atoms with Crippen LogP contribution in [-0.4, -0.2) is 20.4 Å². The fraction of sp³-hybridized carbons (Fsp3) is 0.231. The molecule has 0 saturated carbocycles. The molecule has 3 N–H and O–H groups in total. The molecule has 0 spiro atoms. The molecule has 0 aliphatic heterocycles. The molecule has 1 heterocycles. The maximum Gasteiger partial charge on any atom is 0.263 e. The van der Waals surface area contributed by atoms with Crippen molar-refractivity contribution in [2.45, 2.75) is 18.4 Å². The van der Waals surface area contributed by atoms with E-state index < -0.39 is 10.0 Å². The number of aromatic nitrogens is 1. The Morgan fingerprint density at radius 3 is 2.70 bits per heavy atom. The maximum absolute atomic E-state index is 12.3. The molecular weight excluding hydrogens is 342 g/mol. The lowest BCUT2D eigenvalue weighted by atomic mass is 10.2. The number of anilines is 1. The summed E-state index contributed by atoms with van der Waals surface area (Å²) in [6.45, 7) is 2.44. The first kappa shape index (κ1) is 15.1. The Hall–Kier alpha value is -1.31. The van der Waals surface area contributed by atoms with E-state index in [0.29, 0.717) is 12.2 Å². The van der Waals surface area contributed by atoms with Crippen LogP contribution in [0.4, 0.5) is 5.69 Å². The van der Waals surface area contributed by atoms with E-state index >= 15 is 0 Å². The van der Waals surface area contributed by atoms with Gasteiger partial charge < -0.3 is 10.3 Å². The Kier molecular flexibility index (Phi) is 4.52. The zero-order valence-corrected chi connectivity index (χ0v) is 13.6. The predicted octanol–water partition coefficient (Wildman–Crippen LogP) is 2.61. The van der Waals surface area contributed by atoms with Crippen LogP contribution in [0.5, 0.6) is 0 Å². The molecule has 1 aromatic heterocycles. The van der Waals surface area contributed by atoms with Crippen molar-refractivity contribution in [3.63, 3.8) is 0 Å². The number of nitrogens with one attached hydrogen (secondary N) is 3. The molecule has 2 aromatic rings. The second-order valence-electron chi connectivity index (χ2n) is 4.46. The number of halogens is 1. The molecule has 5 nitrogen and oxygen atoms in total. The van der Waals surface area contributed by atoms with Gasteiger partial charge in [0.05, 0.1) is 5.69 Å². The molecule has 0 saturated heterocycles. The van der Waals surface area contributed by atoms with Crippen LogP contribution < -0.4 is 10.0 Å². The van der Waals surface area contributed by atoms with Crippen LogP contribution in [0.3, 0.4) is 0 Å². The molecule has 0 bridgehead atoms. The van der Waals surface area contributed by atoms with Crippen LogP contribution >= 0.6 is 15.9 Å². The van der Waals surface area contributed by atoms with Gasteiger partial charge in [0.1, 0.15) is 4.90 Å². The van der Waals surface area contributed by atoms with E-state index in [2.05, 4.69) is 31.0 Å². The van der Waals surface area contributed by atoms with E-state index in [1.54, 1.807) is 25.2 Å². The molecule has 1 aromatic carbocycles. The van der Waals surface area contributed by atoms with Crippen LogP contribution in [0.15, 0.2) is 39.8 Å². The summed E-state index contributed by atoms with van der Waals surface area (Å²) >= 11 is 3.35. The molecule has 0 aliphatic carbocycles. The number of benzene rings is 1. The van der Waals surface area contributed by atoms with E-state index in [1.807, 2.05) is 13.0 Å². The Bertz CT molecular complexity index is 710. The lowest BCUT2D eigenvalue weighted by Gasteiger charge is -2.09. The molecule has 108 valence electrons. The first-order chi connectivity index (χ1) is 9.42. The molecular formula is C13H16BrN3O2S. The third-order valence-corrected chi connectivity index (χ3v) is 4.66. The Morgan fingerprint density at radius 2 is 2.05 bits per heavy atom. The average molecular weight is 358 g/mol. The lowest BCUT2D eigenvalue weighted by Crippen LogP contribution is -2.13. The van der Waals surface area contributed by atoms with Crippen LogP contribution in [0.1, 0.15) is 11.3 Å². The van der Waals surface area contributed by atoms with Gasteiger partial charge in [-0.25, -0.2) is 8.42 Å². The first-order valence-corrected chi connectivity index (χ1v) is 8.31. The number of H-pyrrole nitrogens is 1. The van der Waals surface area contributed by atoms with Gasteiger partial charge >= 0.3 is 0 Å². The smallest absolute Gasteiger partial charge is 0.263 e. The molecule has 0 atom stereocenters. The summed E-state index contributed by atoms with van der Waals surface area (Å²) in [5, 5.41) is 2.96. The zero-order valence-electron chi connectivity index (χ0n) is 11.2. The highest BCUT2D eigenvalue weighted by Crippen LogP contribution is 2.23. The summed E-state index contributed by atoms with van der Waals surface area (Å²) in [6.07, 6.45) is 1.49. The standard InChI is InChI=1S/C13H16BrN3O2S/c1-9-5-10(14)3-4-13(9)17-20(18,19)12-6-11(7-15-2)16-8-12/h3-6,8,15-17H,7H2,1-2H3. The molecule has 0 fully saturated rings. The van der Waals surface area contributed by atoms with Gasteiger partial charge in [0, 0.05) is 22.9 Å².